The molecule has 2 fully saturated rings. The molecule has 0 N–H and O–H groups in total. The van der Waals surface area contributed by atoms with Gasteiger partial charge in [-0.25, -0.2) is 4.31 Å². The third kappa shape index (κ3) is 7.60. The van der Waals surface area contributed by atoms with Gasteiger partial charge in [-0.1, -0.05) is 45.9 Å². The van der Waals surface area contributed by atoms with Gasteiger partial charge in [-0.2, -0.15) is 0 Å². The minimum atomic E-state index is 0.440. The average Bonchev–Trinajstić information content (AvgIpc) is 3.17. The number of nitrogens with zero attached hydrogens (tertiary/aromatic N) is 3. The first-order valence-electron chi connectivity index (χ1n) is 12.4. The third-order valence-electron chi connectivity index (χ3n) is 6.88. The van der Waals surface area contributed by atoms with Gasteiger partial charge in [0.25, 0.3) is 0 Å². The molecule has 0 unspecified atom stereocenters. The smallest absolute Gasteiger partial charge is 0.0273 e. The van der Waals surface area contributed by atoms with Crippen molar-refractivity contribution in [3.05, 3.63) is 59.3 Å². The van der Waals surface area contributed by atoms with E-state index in [0.29, 0.717) is 10.8 Å². The molecule has 3 heterocycles. The number of rotatable bonds is 8. The topological polar surface area (TPSA) is 19.4 Å². The van der Waals surface area contributed by atoms with Crippen LogP contribution in [0.3, 0.4) is 0 Å². The zero-order valence-corrected chi connectivity index (χ0v) is 21.8. The fourth-order valence-electron chi connectivity index (χ4n) is 4.67. The van der Waals surface area contributed by atoms with Gasteiger partial charge in [0.05, 0.1) is 0 Å². The quantitative estimate of drug-likeness (QED) is 0.306. The molecular formula is C28H43N3S. The molecular weight excluding hydrogens is 410 g/mol. The molecule has 3 nitrogen and oxygen atoms in total. The summed E-state index contributed by atoms with van der Waals surface area (Å²) in [6, 6.07) is 4.18. The Kier molecular flexibility index (Phi) is 9.22. The molecule has 32 heavy (non-hydrogen) atoms. The van der Waals surface area contributed by atoms with Crippen molar-refractivity contribution in [2.45, 2.75) is 66.7 Å². The van der Waals surface area contributed by atoms with Gasteiger partial charge in [-0.05, 0) is 111 Å². The van der Waals surface area contributed by atoms with E-state index in [-0.39, 0.29) is 0 Å². The highest BCUT2D eigenvalue weighted by Crippen LogP contribution is 2.44. The minimum Gasteiger partial charge on any atom is -0.303 e. The molecule has 0 amide bonds. The number of allylic oxidation sites excluding steroid dienone is 5. The summed E-state index contributed by atoms with van der Waals surface area (Å²) >= 11 is 1.94. The van der Waals surface area contributed by atoms with Crippen LogP contribution in [0.4, 0.5) is 0 Å². The molecule has 176 valence electrons. The highest BCUT2D eigenvalue weighted by atomic mass is 32.2. The van der Waals surface area contributed by atoms with Crippen molar-refractivity contribution in [2.24, 2.45) is 10.8 Å². The summed E-state index contributed by atoms with van der Waals surface area (Å²) in [5.74, 6) is 0. The number of aromatic nitrogens is 1. The van der Waals surface area contributed by atoms with Crippen molar-refractivity contribution in [2.75, 3.05) is 32.7 Å². The number of hydrogen-bond acceptors (Lipinski definition) is 4. The lowest BCUT2D eigenvalue weighted by atomic mass is 9.77. The van der Waals surface area contributed by atoms with E-state index in [1.807, 2.05) is 24.3 Å². The third-order valence-corrected chi connectivity index (χ3v) is 8.03. The Balaban J connectivity index is 1.52. The summed E-state index contributed by atoms with van der Waals surface area (Å²) in [5.41, 5.74) is 3.49. The number of piperidine rings is 1. The Labute approximate surface area is 201 Å². The molecule has 0 bridgehead atoms. The molecule has 0 radical (unpaired) electrons. The Bertz CT molecular complexity index is 796. The predicted molar refractivity (Wildman–Crippen MR) is 141 cm³/mol. The fourth-order valence-corrected chi connectivity index (χ4v) is 5.72. The van der Waals surface area contributed by atoms with Crippen molar-refractivity contribution in [3.8, 4) is 0 Å². The van der Waals surface area contributed by atoms with E-state index < -0.39 is 0 Å². The molecule has 0 aliphatic carbocycles. The second-order valence-corrected chi connectivity index (χ2v) is 11.9. The van der Waals surface area contributed by atoms with Gasteiger partial charge >= 0.3 is 0 Å². The van der Waals surface area contributed by atoms with E-state index in [4.69, 9.17) is 0 Å². The van der Waals surface area contributed by atoms with Gasteiger partial charge in [0, 0.05) is 30.4 Å². The molecule has 1 aromatic heterocycles. The first kappa shape index (κ1) is 25.3. The first-order chi connectivity index (χ1) is 15.3. The molecule has 2 saturated heterocycles. The normalized spacial score (nSPS) is 21.2. The van der Waals surface area contributed by atoms with Crippen LogP contribution < -0.4 is 0 Å². The Morgan fingerprint density at radius 3 is 2.41 bits per heavy atom. The highest BCUT2D eigenvalue weighted by molar-refractivity contribution is 8.01. The van der Waals surface area contributed by atoms with E-state index in [2.05, 4.69) is 85.2 Å². The van der Waals surface area contributed by atoms with Gasteiger partial charge in [-0.3, -0.25) is 4.98 Å². The summed E-state index contributed by atoms with van der Waals surface area (Å²) in [6.45, 7) is 17.7. The second kappa shape index (κ2) is 11.7. The van der Waals surface area contributed by atoms with Crippen LogP contribution in [0.1, 0.15) is 72.3 Å². The zero-order valence-electron chi connectivity index (χ0n) is 20.9. The minimum absolute atomic E-state index is 0.440. The Morgan fingerprint density at radius 2 is 1.78 bits per heavy atom. The molecule has 3 rings (SSSR count). The van der Waals surface area contributed by atoms with Crippen LogP contribution >= 0.6 is 11.9 Å². The second-order valence-electron chi connectivity index (χ2n) is 10.7. The molecule has 0 aromatic carbocycles. The lowest BCUT2D eigenvalue weighted by Gasteiger charge is -2.40. The number of hydrogen-bond donors (Lipinski definition) is 0. The van der Waals surface area contributed by atoms with Crippen molar-refractivity contribution in [1.29, 1.82) is 0 Å². The maximum absolute atomic E-state index is 4.16. The van der Waals surface area contributed by atoms with Crippen LogP contribution in [0, 0.1) is 10.8 Å². The van der Waals surface area contributed by atoms with Crippen LogP contribution in [0.5, 0.6) is 0 Å². The number of pyridine rings is 1. The van der Waals surface area contributed by atoms with Gasteiger partial charge in [-0.15, -0.1) is 0 Å². The van der Waals surface area contributed by atoms with Gasteiger partial charge in [0.1, 0.15) is 0 Å². The lowest BCUT2D eigenvalue weighted by Crippen LogP contribution is -2.42. The van der Waals surface area contributed by atoms with Crippen LogP contribution in [-0.2, 0) is 0 Å². The largest absolute Gasteiger partial charge is 0.303 e. The zero-order chi connectivity index (χ0) is 23.0. The van der Waals surface area contributed by atoms with Gasteiger partial charge in [0.15, 0.2) is 0 Å². The van der Waals surface area contributed by atoms with E-state index in [1.165, 1.54) is 74.4 Å². The molecule has 0 saturated carbocycles. The van der Waals surface area contributed by atoms with Crippen molar-refractivity contribution in [1.82, 2.24) is 14.2 Å². The highest BCUT2D eigenvalue weighted by Gasteiger charge is 2.40. The van der Waals surface area contributed by atoms with Crippen LogP contribution in [0.2, 0.25) is 0 Å². The maximum atomic E-state index is 4.16. The van der Waals surface area contributed by atoms with Gasteiger partial charge < -0.3 is 4.90 Å². The summed E-state index contributed by atoms with van der Waals surface area (Å²) in [7, 11) is 0. The van der Waals surface area contributed by atoms with Crippen LogP contribution in [0.25, 0.3) is 5.57 Å². The predicted octanol–water partition coefficient (Wildman–Crippen LogP) is 7.21. The Morgan fingerprint density at radius 1 is 1.09 bits per heavy atom. The summed E-state index contributed by atoms with van der Waals surface area (Å²) in [6.07, 6.45) is 19.2. The van der Waals surface area contributed by atoms with E-state index >= 15 is 0 Å². The first-order valence-corrected chi connectivity index (χ1v) is 13.2. The molecule has 1 aromatic rings. The maximum Gasteiger partial charge on any atom is 0.0273 e. The lowest BCUT2D eigenvalue weighted by molar-refractivity contribution is 0.105. The van der Waals surface area contributed by atoms with E-state index in [0.717, 1.165) is 6.42 Å². The van der Waals surface area contributed by atoms with Crippen LogP contribution in [-0.4, -0.2) is 46.9 Å². The summed E-state index contributed by atoms with van der Waals surface area (Å²) in [4.78, 5) is 8.19. The monoisotopic (exact) mass is 453 g/mol. The van der Waals surface area contributed by atoms with Gasteiger partial charge in [0.2, 0.25) is 0 Å². The molecule has 0 atom stereocenters. The standard InChI is InChI=1S/C28H43N3S/c1-6-8-24(25-11-17-29-18-12-25)9-10-26(7-2)32-31-22-16-28(23-31)14-20-30(21-15-28)19-13-27(3,4)5/h7-12,17-18H,6,13-16,19-23H2,1-5H3/b10-9-,24-8-,26-7+. The van der Waals surface area contributed by atoms with E-state index in [1.54, 1.807) is 0 Å². The summed E-state index contributed by atoms with van der Waals surface area (Å²) < 4.78 is 2.61. The molecule has 2 aliphatic heterocycles. The SMILES string of the molecule is C\C=C(/C=C\C(=C\CC)c1ccncc1)SN1CCC2(CCN(CCC(C)(C)C)CC2)C1. The molecule has 4 heteroatoms. The number of likely N-dealkylation sites (tertiary alicyclic amines) is 1. The fraction of sp³-hybridized carbons (Fsp3) is 0.607. The van der Waals surface area contributed by atoms with Crippen molar-refractivity contribution < 1.29 is 0 Å². The van der Waals surface area contributed by atoms with Crippen LogP contribution in [0.15, 0.2) is 53.7 Å². The Hall–Kier alpha value is -1.36. The van der Waals surface area contributed by atoms with E-state index in [9.17, 15) is 0 Å². The molecule has 1 spiro atoms. The average molecular weight is 454 g/mol. The van der Waals surface area contributed by atoms with Crippen molar-refractivity contribution >= 4 is 17.5 Å². The molecule has 2 aliphatic rings. The summed E-state index contributed by atoms with van der Waals surface area (Å²) in [5, 5.41) is 0. The van der Waals surface area contributed by atoms with Crippen molar-refractivity contribution in [3.63, 3.8) is 0 Å².